The second-order valence-electron chi connectivity index (χ2n) is 2.80. The Hall–Kier alpha value is -1.38. The van der Waals surface area contributed by atoms with Crippen LogP contribution in [0.2, 0.25) is 0 Å². The normalized spacial score (nSPS) is 12.8. The molecule has 1 aromatic carbocycles. The van der Waals surface area contributed by atoms with E-state index in [0.717, 1.165) is 12.1 Å². The first-order valence-corrected chi connectivity index (χ1v) is 5.56. The summed E-state index contributed by atoms with van der Waals surface area (Å²) < 4.78 is 85.5. The monoisotopic (exact) mass is 276 g/mol. The van der Waals surface area contributed by atoms with Gasteiger partial charge in [-0.1, -0.05) is 12.1 Å². The Morgan fingerprint density at radius 3 is 2.12 bits per heavy atom. The van der Waals surface area contributed by atoms with Crippen molar-refractivity contribution in [2.45, 2.75) is 17.0 Å². The quantitative estimate of drug-likeness (QED) is 0.797. The molecule has 0 aliphatic carbocycles. The van der Waals surface area contributed by atoms with Crippen molar-refractivity contribution in [1.29, 1.82) is 0 Å². The van der Waals surface area contributed by atoms with Gasteiger partial charge in [-0.2, -0.15) is 8.78 Å². The smallest absolute Gasteiger partial charge is 0.404 e. The van der Waals surface area contributed by atoms with E-state index in [1.165, 1.54) is 0 Å². The van der Waals surface area contributed by atoms with E-state index >= 15 is 0 Å². The molecule has 0 aliphatic rings. The fourth-order valence-electron chi connectivity index (χ4n) is 0.990. The van der Waals surface area contributed by atoms with Crippen LogP contribution >= 0.6 is 0 Å². The lowest BCUT2D eigenvalue weighted by Crippen LogP contribution is -2.20. The summed E-state index contributed by atoms with van der Waals surface area (Å²) in [6.07, 6.45) is -5.16. The Balaban J connectivity index is 3.27. The zero-order valence-corrected chi connectivity index (χ0v) is 8.73. The number of rotatable bonds is 3. The van der Waals surface area contributed by atoms with Crippen LogP contribution in [0.25, 0.3) is 0 Å². The number of hydrogen-bond acceptors (Lipinski definition) is 3. The van der Waals surface area contributed by atoms with Gasteiger partial charge in [0.1, 0.15) is 10.6 Å². The van der Waals surface area contributed by atoms with Crippen molar-refractivity contribution in [2.75, 3.05) is 0 Å². The summed E-state index contributed by atoms with van der Waals surface area (Å²) in [5, 5.41) is 0. The lowest BCUT2D eigenvalue weighted by molar-refractivity contribution is -0.275. The van der Waals surface area contributed by atoms with E-state index in [2.05, 4.69) is 4.74 Å². The van der Waals surface area contributed by atoms with Crippen LogP contribution in [0.5, 0.6) is 5.75 Å². The molecular formula is C8H5F5O3S. The third-order valence-corrected chi connectivity index (χ3v) is 3.04. The van der Waals surface area contributed by atoms with Gasteiger partial charge in [0.05, 0.1) is 0 Å². The van der Waals surface area contributed by atoms with Crippen molar-refractivity contribution in [3.05, 3.63) is 24.3 Å². The van der Waals surface area contributed by atoms with Gasteiger partial charge in [-0.15, -0.1) is 13.2 Å². The average molecular weight is 276 g/mol. The molecule has 0 aliphatic heterocycles. The van der Waals surface area contributed by atoms with Gasteiger partial charge >= 0.3 is 12.1 Å². The molecule has 0 aromatic heterocycles. The van der Waals surface area contributed by atoms with Gasteiger partial charge in [0.2, 0.25) is 9.84 Å². The fourth-order valence-corrected chi connectivity index (χ4v) is 1.84. The van der Waals surface area contributed by atoms with E-state index in [0.29, 0.717) is 12.1 Å². The van der Waals surface area contributed by atoms with E-state index in [-0.39, 0.29) is 0 Å². The van der Waals surface area contributed by atoms with Gasteiger partial charge in [0.25, 0.3) is 0 Å². The van der Waals surface area contributed by atoms with Crippen LogP contribution in [0, 0.1) is 0 Å². The van der Waals surface area contributed by atoms with Crippen LogP contribution in [-0.4, -0.2) is 20.5 Å². The summed E-state index contributed by atoms with van der Waals surface area (Å²) >= 11 is 0. The van der Waals surface area contributed by atoms with E-state index in [1.54, 1.807) is 0 Å². The first-order chi connectivity index (χ1) is 7.64. The molecule has 9 heteroatoms. The summed E-state index contributed by atoms with van der Waals surface area (Å²) in [6.45, 7) is 0. The summed E-state index contributed by atoms with van der Waals surface area (Å²) in [5.74, 6) is -5.00. The molecule has 0 saturated carbocycles. The number of sulfone groups is 1. The number of benzene rings is 1. The molecule has 0 spiro atoms. The van der Waals surface area contributed by atoms with E-state index < -0.39 is 32.6 Å². The molecule has 0 fully saturated rings. The molecule has 17 heavy (non-hydrogen) atoms. The number of alkyl halides is 5. The lowest BCUT2D eigenvalue weighted by Gasteiger charge is -2.12. The summed E-state index contributed by atoms with van der Waals surface area (Å²) in [5.41, 5.74) is 0. The second kappa shape index (κ2) is 4.47. The van der Waals surface area contributed by atoms with Crippen LogP contribution in [0.1, 0.15) is 0 Å². The van der Waals surface area contributed by atoms with Crippen molar-refractivity contribution in [3.8, 4) is 5.75 Å². The Morgan fingerprint density at radius 2 is 1.65 bits per heavy atom. The zero-order chi connectivity index (χ0) is 13.3. The molecule has 0 unspecified atom stereocenters. The summed E-state index contributed by atoms with van der Waals surface area (Å²) in [7, 11) is -5.14. The third kappa shape index (κ3) is 3.29. The highest BCUT2D eigenvalue weighted by Gasteiger charge is 2.36. The van der Waals surface area contributed by atoms with Crippen LogP contribution in [-0.2, 0) is 9.84 Å². The average Bonchev–Trinajstić information content (AvgIpc) is 2.15. The maximum atomic E-state index is 12.2. The van der Waals surface area contributed by atoms with Crippen LogP contribution in [0.4, 0.5) is 22.0 Å². The lowest BCUT2D eigenvalue weighted by atomic mass is 10.3. The first kappa shape index (κ1) is 13.7. The van der Waals surface area contributed by atoms with Crippen molar-refractivity contribution in [1.82, 2.24) is 0 Å². The van der Waals surface area contributed by atoms with Gasteiger partial charge < -0.3 is 4.74 Å². The van der Waals surface area contributed by atoms with Crippen molar-refractivity contribution in [3.63, 3.8) is 0 Å². The van der Waals surface area contributed by atoms with Crippen molar-refractivity contribution >= 4 is 9.84 Å². The van der Waals surface area contributed by atoms with Gasteiger partial charge in [0.15, 0.2) is 0 Å². The Morgan fingerprint density at radius 1 is 1.12 bits per heavy atom. The molecular weight excluding hydrogens is 271 g/mol. The van der Waals surface area contributed by atoms with E-state index in [1.807, 2.05) is 0 Å². The minimum atomic E-state index is -5.16. The minimum Gasteiger partial charge on any atom is -0.404 e. The van der Waals surface area contributed by atoms with Crippen LogP contribution in [0.3, 0.4) is 0 Å². The van der Waals surface area contributed by atoms with Crippen LogP contribution in [0.15, 0.2) is 29.2 Å². The Labute approximate surface area is 92.7 Å². The van der Waals surface area contributed by atoms with Crippen LogP contribution < -0.4 is 4.74 Å². The highest BCUT2D eigenvalue weighted by molar-refractivity contribution is 7.91. The molecule has 1 aromatic rings. The Bertz CT molecular complexity index is 494. The number of para-hydroxylation sites is 1. The number of halogens is 5. The highest BCUT2D eigenvalue weighted by Crippen LogP contribution is 2.31. The van der Waals surface area contributed by atoms with Gasteiger partial charge in [0, 0.05) is 0 Å². The van der Waals surface area contributed by atoms with Crippen molar-refractivity contribution in [2.24, 2.45) is 0 Å². The summed E-state index contributed by atoms with van der Waals surface area (Å²) in [6, 6.07) is 3.30. The largest absolute Gasteiger partial charge is 0.573 e. The molecule has 0 atom stereocenters. The molecule has 0 amide bonds. The van der Waals surface area contributed by atoms with E-state index in [4.69, 9.17) is 0 Å². The van der Waals surface area contributed by atoms with E-state index in [9.17, 15) is 30.4 Å². The molecule has 0 heterocycles. The predicted octanol–water partition coefficient (Wildman–Crippen LogP) is 2.58. The van der Waals surface area contributed by atoms with Gasteiger partial charge in [-0.05, 0) is 12.1 Å². The maximum absolute atomic E-state index is 12.2. The molecule has 0 N–H and O–H groups in total. The maximum Gasteiger partial charge on any atom is 0.573 e. The topological polar surface area (TPSA) is 43.4 Å². The van der Waals surface area contributed by atoms with Gasteiger partial charge in [-0.25, -0.2) is 8.42 Å². The highest BCUT2D eigenvalue weighted by atomic mass is 32.2. The molecule has 0 saturated heterocycles. The standard InChI is InChI=1S/C8H5F5O3S/c9-7(10)17(14,15)6-4-2-1-3-5(6)16-8(11,12)13/h1-4,7H. The molecule has 1 rings (SSSR count). The predicted molar refractivity (Wildman–Crippen MR) is 46.3 cm³/mol. The second-order valence-corrected chi connectivity index (χ2v) is 4.69. The summed E-state index contributed by atoms with van der Waals surface area (Å²) in [4.78, 5) is -1.20. The third-order valence-electron chi connectivity index (χ3n) is 1.62. The number of hydrogen-bond donors (Lipinski definition) is 0. The molecule has 0 bridgehead atoms. The molecule has 96 valence electrons. The zero-order valence-electron chi connectivity index (χ0n) is 7.91. The van der Waals surface area contributed by atoms with Gasteiger partial charge in [-0.3, -0.25) is 0 Å². The first-order valence-electron chi connectivity index (χ1n) is 4.01. The molecule has 0 radical (unpaired) electrons. The van der Waals surface area contributed by atoms with Crippen molar-refractivity contribution < 1.29 is 35.1 Å². The minimum absolute atomic E-state index is 0.614. The number of ether oxygens (including phenoxy) is 1. The fraction of sp³-hybridized carbons (Fsp3) is 0.250. The SMILES string of the molecule is O=S(=O)(c1ccccc1OC(F)(F)F)C(F)F. The Kier molecular flexibility index (Phi) is 3.60. The molecule has 3 nitrogen and oxygen atoms in total.